The van der Waals surface area contributed by atoms with Gasteiger partial charge in [-0.25, -0.2) is 8.42 Å². The van der Waals surface area contributed by atoms with E-state index in [1.807, 2.05) is 0 Å². The fourth-order valence-corrected chi connectivity index (χ4v) is 5.21. The van der Waals surface area contributed by atoms with Gasteiger partial charge in [0.1, 0.15) is 0 Å². The van der Waals surface area contributed by atoms with E-state index >= 15 is 0 Å². The number of anilines is 2. The van der Waals surface area contributed by atoms with Crippen molar-refractivity contribution in [1.29, 1.82) is 0 Å². The minimum Gasteiger partial charge on any atom is -0.493 e. The molecule has 1 saturated heterocycles. The highest BCUT2D eigenvalue weighted by molar-refractivity contribution is 7.92. The van der Waals surface area contributed by atoms with Crippen LogP contribution in [0.15, 0.2) is 30.3 Å². The van der Waals surface area contributed by atoms with E-state index in [0.717, 1.165) is 6.26 Å². The fraction of sp³-hybridized carbons (Fsp3) is 0.458. The molecule has 2 aromatic rings. The summed E-state index contributed by atoms with van der Waals surface area (Å²) >= 11 is 0. The highest BCUT2D eigenvalue weighted by Crippen LogP contribution is 2.37. The highest BCUT2D eigenvalue weighted by Gasteiger charge is 2.29. The molecule has 1 aliphatic rings. The first-order valence-corrected chi connectivity index (χ1v) is 12.8. The lowest BCUT2D eigenvalue weighted by atomic mass is 10.1. The van der Waals surface area contributed by atoms with Gasteiger partial charge in [-0.2, -0.15) is 0 Å². The van der Waals surface area contributed by atoms with Crippen molar-refractivity contribution in [2.45, 2.75) is 20.8 Å². The molecule has 0 radical (unpaired) electrons. The molecule has 9 heteroatoms. The predicted molar refractivity (Wildman–Crippen MR) is 131 cm³/mol. The number of benzene rings is 2. The molecule has 0 aliphatic carbocycles. The minimum absolute atomic E-state index is 0.189. The maximum absolute atomic E-state index is 13.6. The number of carbonyl (C=O) groups is 1. The number of rotatable bonds is 7. The van der Waals surface area contributed by atoms with Gasteiger partial charge in [0.15, 0.2) is 11.5 Å². The number of carbonyl (C=O) groups excluding carboxylic acids is 1. The molecule has 3 rings (SSSR count). The second-order valence-electron chi connectivity index (χ2n) is 8.15. The molecule has 180 valence electrons. The van der Waals surface area contributed by atoms with Crippen LogP contribution in [0.3, 0.4) is 0 Å². The van der Waals surface area contributed by atoms with E-state index in [-0.39, 0.29) is 18.0 Å². The van der Waals surface area contributed by atoms with Crippen molar-refractivity contribution in [2.24, 2.45) is 0 Å². The molecular formula is C24H33N3O5S. The zero-order valence-electron chi connectivity index (χ0n) is 20.2. The maximum atomic E-state index is 13.6. The highest BCUT2D eigenvalue weighted by atomic mass is 32.2. The third-order valence-electron chi connectivity index (χ3n) is 6.17. The average molecular weight is 476 g/mol. The maximum Gasteiger partial charge on any atom is 0.256 e. The molecule has 0 spiro atoms. The molecule has 0 bridgehead atoms. The predicted octanol–water partition coefficient (Wildman–Crippen LogP) is 3.07. The van der Waals surface area contributed by atoms with Gasteiger partial charge in [0, 0.05) is 44.5 Å². The molecule has 2 aromatic carbocycles. The molecule has 1 heterocycles. The minimum atomic E-state index is -3.60. The van der Waals surface area contributed by atoms with Crippen LogP contribution in [0.4, 0.5) is 11.4 Å². The van der Waals surface area contributed by atoms with E-state index in [2.05, 4.69) is 36.9 Å². The molecule has 8 nitrogen and oxygen atoms in total. The Hall–Kier alpha value is -2.94. The number of amides is 1. The zero-order chi connectivity index (χ0) is 24.3. The van der Waals surface area contributed by atoms with Gasteiger partial charge in [0.05, 0.1) is 31.7 Å². The molecule has 0 N–H and O–H groups in total. The van der Waals surface area contributed by atoms with Crippen molar-refractivity contribution in [3.05, 3.63) is 47.0 Å². The first-order chi connectivity index (χ1) is 15.6. The van der Waals surface area contributed by atoms with Crippen LogP contribution in [0.25, 0.3) is 0 Å². The molecular weight excluding hydrogens is 442 g/mol. The summed E-state index contributed by atoms with van der Waals surface area (Å²) in [7, 11) is -0.627. The van der Waals surface area contributed by atoms with Crippen LogP contribution < -0.4 is 18.7 Å². The van der Waals surface area contributed by atoms with Crippen molar-refractivity contribution < 1.29 is 22.7 Å². The van der Waals surface area contributed by atoms with Gasteiger partial charge in [0.25, 0.3) is 5.91 Å². The smallest absolute Gasteiger partial charge is 0.256 e. The normalized spacial score (nSPS) is 14.2. The topological polar surface area (TPSA) is 79.4 Å². The van der Waals surface area contributed by atoms with Gasteiger partial charge in [-0.05, 0) is 44.0 Å². The Bertz CT molecular complexity index is 1130. The van der Waals surface area contributed by atoms with Crippen molar-refractivity contribution in [3.63, 3.8) is 0 Å². The van der Waals surface area contributed by atoms with Crippen molar-refractivity contribution in [3.8, 4) is 11.5 Å². The van der Waals surface area contributed by atoms with E-state index in [1.54, 1.807) is 24.0 Å². The van der Waals surface area contributed by atoms with E-state index in [4.69, 9.17) is 9.47 Å². The summed E-state index contributed by atoms with van der Waals surface area (Å²) in [6, 6.07) is 9.38. The van der Waals surface area contributed by atoms with Crippen LogP contribution in [0.5, 0.6) is 11.5 Å². The molecule has 0 aromatic heterocycles. The molecule has 1 amide bonds. The van der Waals surface area contributed by atoms with E-state index in [0.29, 0.717) is 43.4 Å². The number of nitrogens with zero attached hydrogens (tertiary/aromatic N) is 3. The van der Waals surface area contributed by atoms with Gasteiger partial charge < -0.3 is 19.3 Å². The number of hydrogen-bond acceptors (Lipinski definition) is 6. The standard InChI is InChI=1S/C24H33N3O5S/c1-7-27(33(6,29)30)21-16-23(32-5)22(31-4)15-19(21)24(28)26-13-11-25(12-14-26)20-10-8-9-17(2)18(20)3/h8-10,15-16H,7,11-14H2,1-6H3. The largest absolute Gasteiger partial charge is 0.493 e. The Balaban J connectivity index is 1.92. The van der Waals surface area contributed by atoms with Gasteiger partial charge >= 0.3 is 0 Å². The Morgan fingerprint density at radius 2 is 1.64 bits per heavy atom. The number of methoxy groups -OCH3 is 2. The summed E-state index contributed by atoms with van der Waals surface area (Å²) in [5.74, 6) is 0.516. The van der Waals surface area contributed by atoms with E-state index in [1.165, 1.54) is 35.3 Å². The molecule has 0 atom stereocenters. The molecule has 33 heavy (non-hydrogen) atoms. The van der Waals surface area contributed by atoms with Gasteiger partial charge in [-0.15, -0.1) is 0 Å². The summed E-state index contributed by atoms with van der Waals surface area (Å²) in [6.45, 7) is 8.59. The number of hydrogen-bond donors (Lipinski definition) is 0. The van der Waals surface area contributed by atoms with Crippen LogP contribution in [0, 0.1) is 13.8 Å². The Labute approximate surface area is 196 Å². The Morgan fingerprint density at radius 1 is 1.03 bits per heavy atom. The van der Waals surface area contributed by atoms with Crippen molar-refractivity contribution in [2.75, 3.05) is 62.4 Å². The summed E-state index contributed by atoms with van der Waals surface area (Å²) in [5, 5.41) is 0. The molecule has 0 unspecified atom stereocenters. The van der Waals surface area contributed by atoms with E-state index < -0.39 is 10.0 Å². The number of ether oxygens (including phenoxy) is 2. The lowest BCUT2D eigenvalue weighted by Gasteiger charge is -2.37. The number of aryl methyl sites for hydroxylation is 1. The third kappa shape index (κ3) is 5.03. The summed E-state index contributed by atoms with van der Waals surface area (Å²) in [5.41, 5.74) is 4.23. The quantitative estimate of drug-likeness (QED) is 0.612. The van der Waals surface area contributed by atoms with Crippen molar-refractivity contribution in [1.82, 2.24) is 4.90 Å². The summed E-state index contributed by atoms with van der Waals surface area (Å²) in [4.78, 5) is 17.6. The fourth-order valence-electron chi connectivity index (χ4n) is 4.23. The Kier molecular flexibility index (Phi) is 7.41. The molecule has 0 saturated carbocycles. The molecule has 1 fully saturated rings. The van der Waals surface area contributed by atoms with Gasteiger partial charge in [0.2, 0.25) is 10.0 Å². The molecule has 1 aliphatic heterocycles. The van der Waals surface area contributed by atoms with Gasteiger partial charge in [-0.3, -0.25) is 9.10 Å². The van der Waals surface area contributed by atoms with Crippen LogP contribution >= 0.6 is 0 Å². The lowest BCUT2D eigenvalue weighted by Crippen LogP contribution is -2.49. The summed E-state index contributed by atoms with van der Waals surface area (Å²) < 4.78 is 36.9. The first kappa shape index (κ1) is 24.7. The number of piperazine rings is 1. The average Bonchev–Trinajstić information content (AvgIpc) is 2.79. The van der Waals surface area contributed by atoms with Crippen LogP contribution in [-0.2, 0) is 10.0 Å². The Morgan fingerprint density at radius 3 is 2.18 bits per heavy atom. The van der Waals surface area contributed by atoms with Crippen LogP contribution in [-0.4, -0.2) is 72.4 Å². The second kappa shape index (κ2) is 9.91. The van der Waals surface area contributed by atoms with Crippen molar-refractivity contribution >= 4 is 27.3 Å². The number of sulfonamides is 1. The first-order valence-electron chi connectivity index (χ1n) is 11.0. The second-order valence-corrected chi connectivity index (χ2v) is 10.1. The van der Waals surface area contributed by atoms with Gasteiger partial charge in [-0.1, -0.05) is 12.1 Å². The van der Waals surface area contributed by atoms with Crippen LogP contribution in [0.1, 0.15) is 28.4 Å². The third-order valence-corrected chi connectivity index (χ3v) is 7.43. The van der Waals surface area contributed by atoms with E-state index in [9.17, 15) is 13.2 Å². The summed E-state index contributed by atoms with van der Waals surface area (Å²) in [6.07, 6.45) is 1.13. The zero-order valence-corrected chi connectivity index (χ0v) is 21.0. The SMILES string of the molecule is CCN(c1cc(OC)c(OC)cc1C(=O)N1CCN(c2cccc(C)c2C)CC1)S(C)(=O)=O. The monoisotopic (exact) mass is 475 g/mol. The van der Waals surface area contributed by atoms with Crippen LogP contribution in [0.2, 0.25) is 0 Å². The lowest BCUT2D eigenvalue weighted by molar-refractivity contribution is 0.0747.